The number of benzene rings is 1. The van der Waals surface area contributed by atoms with E-state index < -0.39 is 16.7 Å². The lowest BCUT2D eigenvalue weighted by atomic mass is 9.97. The van der Waals surface area contributed by atoms with E-state index in [4.69, 9.17) is 11.6 Å². The molecule has 2 rings (SSSR count). The molecule has 0 radical (unpaired) electrons. The first-order valence-corrected chi connectivity index (χ1v) is 4.44. The number of nitrogens with one attached hydrogen (secondary N) is 1. The number of hydrogen-bond acceptors (Lipinski definition) is 1. The molecule has 0 amide bonds. The minimum atomic E-state index is -0.706. The molecule has 1 unspecified atom stereocenters. The maximum atomic E-state index is 13.3. The summed E-state index contributed by atoms with van der Waals surface area (Å²) in [7, 11) is 0. The van der Waals surface area contributed by atoms with Gasteiger partial charge in [-0.15, -0.1) is 0 Å². The first-order chi connectivity index (χ1) is 6.20. The van der Waals surface area contributed by atoms with Gasteiger partial charge < -0.3 is 5.32 Å². The van der Waals surface area contributed by atoms with E-state index in [-0.39, 0.29) is 6.04 Å². The SMILES string of the molecule is Fc1ccc(C2CCN2)c(F)c1Cl. The normalized spacial score (nSPS) is 21.3. The highest BCUT2D eigenvalue weighted by molar-refractivity contribution is 6.30. The predicted octanol–water partition coefficient (Wildman–Crippen LogP) is 2.65. The monoisotopic (exact) mass is 203 g/mol. The van der Waals surface area contributed by atoms with Crippen LogP contribution in [-0.4, -0.2) is 6.54 Å². The van der Waals surface area contributed by atoms with Crippen LogP contribution in [0.15, 0.2) is 12.1 Å². The zero-order chi connectivity index (χ0) is 9.42. The molecule has 1 aromatic carbocycles. The summed E-state index contributed by atoms with van der Waals surface area (Å²) in [5.41, 5.74) is 0.456. The quantitative estimate of drug-likeness (QED) is 0.692. The largest absolute Gasteiger partial charge is 0.310 e. The van der Waals surface area contributed by atoms with Crippen LogP contribution in [0.1, 0.15) is 18.0 Å². The van der Waals surface area contributed by atoms with Gasteiger partial charge in [-0.05, 0) is 19.0 Å². The third-order valence-electron chi connectivity index (χ3n) is 2.26. The van der Waals surface area contributed by atoms with E-state index >= 15 is 0 Å². The van der Waals surface area contributed by atoms with Gasteiger partial charge in [0.05, 0.1) is 0 Å². The zero-order valence-corrected chi connectivity index (χ0v) is 7.54. The Morgan fingerprint density at radius 1 is 1.38 bits per heavy atom. The van der Waals surface area contributed by atoms with Crippen molar-refractivity contribution in [2.45, 2.75) is 12.5 Å². The fourth-order valence-corrected chi connectivity index (χ4v) is 1.54. The van der Waals surface area contributed by atoms with E-state index in [1.165, 1.54) is 12.1 Å². The number of hydrogen-bond donors (Lipinski definition) is 1. The number of halogens is 3. The van der Waals surface area contributed by atoms with Gasteiger partial charge in [-0.25, -0.2) is 8.78 Å². The Bertz CT molecular complexity index is 337. The molecule has 1 saturated heterocycles. The zero-order valence-electron chi connectivity index (χ0n) is 6.78. The smallest absolute Gasteiger partial charge is 0.149 e. The minimum Gasteiger partial charge on any atom is -0.310 e. The van der Waals surface area contributed by atoms with Crippen LogP contribution in [-0.2, 0) is 0 Å². The highest BCUT2D eigenvalue weighted by atomic mass is 35.5. The lowest BCUT2D eigenvalue weighted by Gasteiger charge is -2.28. The van der Waals surface area contributed by atoms with Crippen molar-refractivity contribution in [2.24, 2.45) is 0 Å². The van der Waals surface area contributed by atoms with Gasteiger partial charge >= 0.3 is 0 Å². The van der Waals surface area contributed by atoms with Crippen molar-refractivity contribution in [3.63, 3.8) is 0 Å². The highest BCUT2D eigenvalue weighted by Gasteiger charge is 2.23. The summed E-state index contributed by atoms with van der Waals surface area (Å²) in [4.78, 5) is 0. The van der Waals surface area contributed by atoms with Gasteiger partial charge in [0.25, 0.3) is 0 Å². The lowest BCUT2D eigenvalue weighted by Crippen LogP contribution is -2.35. The Hall–Kier alpha value is -0.670. The molecular weight excluding hydrogens is 196 g/mol. The third-order valence-corrected chi connectivity index (χ3v) is 2.61. The average molecular weight is 204 g/mol. The molecular formula is C9H8ClF2N. The van der Waals surface area contributed by atoms with Gasteiger partial charge in [0.15, 0.2) is 0 Å². The van der Waals surface area contributed by atoms with E-state index in [0.29, 0.717) is 5.56 Å². The van der Waals surface area contributed by atoms with Crippen LogP contribution in [0.25, 0.3) is 0 Å². The van der Waals surface area contributed by atoms with Gasteiger partial charge in [0, 0.05) is 11.6 Å². The van der Waals surface area contributed by atoms with E-state index in [2.05, 4.69) is 5.32 Å². The molecule has 13 heavy (non-hydrogen) atoms. The lowest BCUT2D eigenvalue weighted by molar-refractivity contribution is 0.369. The van der Waals surface area contributed by atoms with E-state index in [9.17, 15) is 8.78 Å². The van der Waals surface area contributed by atoms with Crippen molar-refractivity contribution >= 4 is 11.6 Å². The van der Waals surface area contributed by atoms with Gasteiger partial charge in [0.1, 0.15) is 16.7 Å². The molecule has 1 N–H and O–H groups in total. The Kier molecular flexibility index (Phi) is 2.22. The molecule has 0 aliphatic carbocycles. The molecule has 70 valence electrons. The summed E-state index contributed by atoms with van der Waals surface area (Å²) in [5.74, 6) is -1.35. The fraction of sp³-hybridized carbons (Fsp3) is 0.333. The first kappa shape index (κ1) is 8.91. The molecule has 0 spiro atoms. The highest BCUT2D eigenvalue weighted by Crippen LogP contribution is 2.30. The van der Waals surface area contributed by atoms with Crippen molar-refractivity contribution < 1.29 is 8.78 Å². The third kappa shape index (κ3) is 1.42. The molecule has 1 heterocycles. The molecule has 1 aliphatic rings. The van der Waals surface area contributed by atoms with E-state index in [0.717, 1.165) is 13.0 Å². The summed E-state index contributed by atoms with van der Waals surface area (Å²) >= 11 is 5.43. The Balaban J connectivity index is 2.41. The molecule has 0 saturated carbocycles. The van der Waals surface area contributed by atoms with Gasteiger partial charge in [-0.2, -0.15) is 0 Å². The van der Waals surface area contributed by atoms with Crippen LogP contribution >= 0.6 is 11.6 Å². The second-order valence-corrected chi connectivity index (χ2v) is 3.44. The van der Waals surface area contributed by atoms with Crippen LogP contribution in [0, 0.1) is 11.6 Å². The second-order valence-electron chi connectivity index (χ2n) is 3.06. The molecule has 1 nitrogen and oxygen atoms in total. The Morgan fingerprint density at radius 3 is 2.62 bits per heavy atom. The molecule has 0 bridgehead atoms. The first-order valence-electron chi connectivity index (χ1n) is 4.07. The summed E-state index contributed by atoms with van der Waals surface area (Å²) < 4.78 is 26.1. The maximum absolute atomic E-state index is 13.3. The van der Waals surface area contributed by atoms with Crippen LogP contribution in [0.3, 0.4) is 0 Å². The molecule has 1 fully saturated rings. The second kappa shape index (κ2) is 3.24. The predicted molar refractivity (Wildman–Crippen MR) is 46.7 cm³/mol. The summed E-state index contributed by atoms with van der Waals surface area (Å²) in [6.07, 6.45) is 0.874. The van der Waals surface area contributed by atoms with Crippen molar-refractivity contribution in [2.75, 3.05) is 6.54 Å². The molecule has 1 atom stereocenters. The van der Waals surface area contributed by atoms with E-state index in [1.54, 1.807) is 0 Å². The van der Waals surface area contributed by atoms with Crippen molar-refractivity contribution in [1.82, 2.24) is 5.32 Å². The molecule has 1 aliphatic heterocycles. The molecule has 1 aromatic rings. The van der Waals surface area contributed by atoms with Gasteiger partial charge in [-0.3, -0.25) is 0 Å². The van der Waals surface area contributed by atoms with Crippen molar-refractivity contribution in [1.29, 1.82) is 0 Å². The standard InChI is InChI=1S/C9H8ClF2N/c10-8-6(11)2-1-5(9(8)12)7-3-4-13-7/h1-2,7,13H,3-4H2. The number of rotatable bonds is 1. The molecule has 0 aromatic heterocycles. The van der Waals surface area contributed by atoms with Crippen LogP contribution in [0.5, 0.6) is 0 Å². The van der Waals surface area contributed by atoms with Crippen LogP contribution in [0.4, 0.5) is 8.78 Å². The Labute approximate surface area is 79.7 Å². The summed E-state index contributed by atoms with van der Waals surface area (Å²) in [6.45, 7) is 0.874. The molecule has 4 heteroatoms. The summed E-state index contributed by atoms with van der Waals surface area (Å²) in [6, 6.07) is 2.63. The van der Waals surface area contributed by atoms with E-state index in [1.807, 2.05) is 0 Å². The van der Waals surface area contributed by atoms with Crippen LogP contribution < -0.4 is 5.32 Å². The summed E-state index contributed by atoms with van der Waals surface area (Å²) in [5, 5.41) is 2.62. The van der Waals surface area contributed by atoms with Gasteiger partial charge in [-0.1, -0.05) is 17.7 Å². The Morgan fingerprint density at radius 2 is 2.08 bits per heavy atom. The van der Waals surface area contributed by atoms with Crippen molar-refractivity contribution in [3.8, 4) is 0 Å². The minimum absolute atomic E-state index is 0.00176. The van der Waals surface area contributed by atoms with Gasteiger partial charge in [0.2, 0.25) is 0 Å². The van der Waals surface area contributed by atoms with Crippen LogP contribution in [0.2, 0.25) is 5.02 Å². The fourth-order valence-electron chi connectivity index (χ4n) is 1.36. The average Bonchev–Trinajstić information content (AvgIpc) is 2.03. The topological polar surface area (TPSA) is 12.0 Å². The maximum Gasteiger partial charge on any atom is 0.149 e. The van der Waals surface area contributed by atoms with Crippen molar-refractivity contribution in [3.05, 3.63) is 34.4 Å².